The molecule has 0 radical (unpaired) electrons. The fraction of sp³-hybridized carbons (Fsp3) is 0.211. The van der Waals surface area contributed by atoms with Gasteiger partial charge in [0, 0.05) is 30.8 Å². The third-order valence-electron chi connectivity index (χ3n) is 4.97. The van der Waals surface area contributed by atoms with Crippen LogP contribution in [0.1, 0.15) is 5.69 Å². The topological polar surface area (TPSA) is 66.7 Å². The zero-order valence-electron chi connectivity index (χ0n) is 14.1. The van der Waals surface area contributed by atoms with Crippen molar-refractivity contribution in [2.75, 3.05) is 18.4 Å². The smallest absolute Gasteiger partial charge is 0.286 e. The number of benzene rings is 2. The van der Waals surface area contributed by atoms with Crippen molar-refractivity contribution in [1.82, 2.24) is 9.47 Å². The summed E-state index contributed by atoms with van der Waals surface area (Å²) >= 11 is 0. The van der Waals surface area contributed by atoms with Gasteiger partial charge in [0.1, 0.15) is 10.7 Å². The molecule has 0 bridgehead atoms. The van der Waals surface area contributed by atoms with E-state index in [4.69, 9.17) is 0 Å². The van der Waals surface area contributed by atoms with Gasteiger partial charge in [-0.2, -0.15) is 8.42 Å². The van der Waals surface area contributed by atoms with Crippen LogP contribution in [0, 0.1) is 0 Å². The Morgan fingerprint density at radius 1 is 1.04 bits per heavy atom. The monoisotopic (exact) mass is 366 g/mol. The fourth-order valence-corrected chi connectivity index (χ4v) is 4.93. The van der Waals surface area contributed by atoms with E-state index in [-0.39, 0.29) is 4.90 Å². The second-order valence-corrected chi connectivity index (χ2v) is 8.26. The van der Waals surface area contributed by atoms with E-state index in [1.165, 1.54) is 16.6 Å². The first-order valence-electron chi connectivity index (χ1n) is 8.59. The molecule has 2 aromatic carbocycles. The van der Waals surface area contributed by atoms with E-state index in [1.807, 2.05) is 6.07 Å². The van der Waals surface area contributed by atoms with Crippen LogP contribution >= 0.6 is 0 Å². The molecule has 3 aromatic rings. The van der Waals surface area contributed by atoms with Crippen molar-refractivity contribution in [3.63, 3.8) is 0 Å². The lowest BCUT2D eigenvalue weighted by atomic mass is 10.2. The van der Waals surface area contributed by atoms with Crippen LogP contribution in [-0.2, 0) is 23.1 Å². The van der Waals surface area contributed by atoms with E-state index >= 15 is 0 Å². The number of sulfonamides is 1. The number of para-hydroxylation sites is 2. The molecule has 5 rings (SSSR count). The molecule has 2 aliphatic rings. The van der Waals surface area contributed by atoms with Crippen molar-refractivity contribution in [3.05, 3.63) is 60.3 Å². The van der Waals surface area contributed by atoms with Crippen LogP contribution in [0.3, 0.4) is 0 Å². The maximum atomic E-state index is 12.4. The summed E-state index contributed by atoms with van der Waals surface area (Å²) in [6.07, 6.45) is 0. The Kier molecular flexibility index (Phi) is 3.41. The minimum atomic E-state index is -3.63. The standard InChI is InChI=1S/C19H18N4O2S/c24-26(25)18-8-4-2-6-16(18)20-19(21-26)13-22-9-10-23-15(12-22)11-14-5-1-3-7-17(14)23/h1-8,11H,9-10,12-13H2,(H,20,21). The van der Waals surface area contributed by atoms with Crippen LogP contribution in [-0.4, -0.2) is 36.8 Å². The van der Waals surface area contributed by atoms with Gasteiger partial charge in [-0.1, -0.05) is 30.3 Å². The number of anilines is 1. The summed E-state index contributed by atoms with van der Waals surface area (Å²) < 4.78 is 31.1. The molecule has 0 saturated carbocycles. The maximum absolute atomic E-state index is 12.4. The highest BCUT2D eigenvalue weighted by molar-refractivity contribution is 7.90. The van der Waals surface area contributed by atoms with Crippen molar-refractivity contribution in [2.24, 2.45) is 4.40 Å². The SMILES string of the molecule is O=S1(=O)N=C(CN2CCn3c(cc4ccccc43)C2)Nc2ccccc21. The summed E-state index contributed by atoms with van der Waals surface area (Å²) in [7, 11) is -3.63. The molecular weight excluding hydrogens is 348 g/mol. The van der Waals surface area contributed by atoms with Gasteiger partial charge in [-0.25, -0.2) is 0 Å². The van der Waals surface area contributed by atoms with E-state index in [2.05, 4.69) is 49.5 Å². The zero-order valence-corrected chi connectivity index (χ0v) is 14.9. The lowest BCUT2D eigenvalue weighted by Crippen LogP contribution is -2.40. The van der Waals surface area contributed by atoms with Crippen molar-refractivity contribution in [2.45, 2.75) is 18.0 Å². The molecule has 0 amide bonds. The fourth-order valence-electron chi connectivity index (χ4n) is 3.79. The maximum Gasteiger partial charge on any atom is 0.286 e. The Balaban J connectivity index is 1.41. The summed E-state index contributed by atoms with van der Waals surface area (Å²) in [5, 5.41) is 4.42. The normalized spacial score (nSPS) is 18.7. The molecule has 6 nitrogen and oxygen atoms in total. The van der Waals surface area contributed by atoms with Crippen LogP contribution in [0.15, 0.2) is 63.9 Å². The number of hydrogen-bond donors (Lipinski definition) is 1. The minimum Gasteiger partial charge on any atom is -0.342 e. The summed E-state index contributed by atoms with van der Waals surface area (Å²) in [5.41, 5.74) is 3.10. The van der Waals surface area contributed by atoms with Gasteiger partial charge in [-0.15, -0.1) is 4.40 Å². The summed E-state index contributed by atoms with van der Waals surface area (Å²) in [4.78, 5) is 2.46. The lowest BCUT2D eigenvalue weighted by molar-refractivity contribution is 0.253. The van der Waals surface area contributed by atoms with E-state index in [9.17, 15) is 8.42 Å². The third-order valence-corrected chi connectivity index (χ3v) is 6.34. The molecule has 0 unspecified atom stereocenters. The number of nitrogens with one attached hydrogen (secondary N) is 1. The number of nitrogens with zero attached hydrogens (tertiary/aromatic N) is 3. The number of rotatable bonds is 2. The van der Waals surface area contributed by atoms with E-state index in [0.29, 0.717) is 18.1 Å². The lowest BCUT2D eigenvalue weighted by Gasteiger charge is -2.30. The molecule has 26 heavy (non-hydrogen) atoms. The average molecular weight is 366 g/mol. The van der Waals surface area contributed by atoms with Crippen molar-refractivity contribution < 1.29 is 8.42 Å². The van der Waals surface area contributed by atoms with Crippen LogP contribution in [0.2, 0.25) is 0 Å². The highest BCUT2D eigenvalue weighted by Gasteiger charge is 2.26. The van der Waals surface area contributed by atoms with Gasteiger partial charge < -0.3 is 9.88 Å². The first-order valence-corrected chi connectivity index (χ1v) is 10.0. The van der Waals surface area contributed by atoms with Gasteiger partial charge >= 0.3 is 0 Å². The van der Waals surface area contributed by atoms with E-state index < -0.39 is 10.0 Å². The molecule has 0 aliphatic carbocycles. The summed E-state index contributed by atoms with van der Waals surface area (Å²) in [6, 6.07) is 17.5. The molecule has 1 N–H and O–H groups in total. The quantitative estimate of drug-likeness (QED) is 0.757. The summed E-state index contributed by atoms with van der Waals surface area (Å²) in [5.74, 6) is 0.480. The molecule has 0 atom stereocenters. The molecule has 132 valence electrons. The zero-order chi connectivity index (χ0) is 17.7. The number of fused-ring (bicyclic) bond motifs is 4. The van der Waals surface area contributed by atoms with Gasteiger partial charge in [-0.05, 0) is 29.7 Å². The van der Waals surface area contributed by atoms with Gasteiger partial charge in [0.2, 0.25) is 0 Å². The van der Waals surface area contributed by atoms with Gasteiger partial charge in [0.25, 0.3) is 10.0 Å². The van der Waals surface area contributed by atoms with Crippen molar-refractivity contribution >= 4 is 32.4 Å². The molecule has 2 aliphatic heterocycles. The number of aromatic nitrogens is 1. The molecular formula is C19H18N4O2S. The Hall–Kier alpha value is -2.64. The second kappa shape index (κ2) is 5.69. The van der Waals surface area contributed by atoms with E-state index in [0.717, 1.165) is 19.6 Å². The first kappa shape index (κ1) is 15.6. The Morgan fingerprint density at radius 2 is 1.85 bits per heavy atom. The first-order chi connectivity index (χ1) is 12.6. The van der Waals surface area contributed by atoms with Gasteiger partial charge in [0.05, 0.1) is 12.2 Å². The largest absolute Gasteiger partial charge is 0.342 e. The highest BCUT2D eigenvalue weighted by atomic mass is 32.2. The van der Waals surface area contributed by atoms with Crippen LogP contribution in [0.5, 0.6) is 0 Å². The molecule has 3 heterocycles. The Morgan fingerprint density at radius 3 is 2.77 bits per heavy atom. The summed E-state index contributed by atoms with van der Waals surface area (Å²) in [6.45, 7) is 3.00. The van der Waals surface area contributed by atoms with Crippen molar-refractivity contribution in [3.8, 4) is 0 Å². The Labute approximate surface area is 151 Å². The predicted octanol–water partition coefficient (Wildman–Crippen LogP) is 2.67. The van der Waals surface area contributed by atoms with Crippen molar-refractivity contribution in [1.29, 1.82) is 0 Å². The molecule has 7 heteroatoms. The molecule has 0 saturated heterocycles. The minimum absolute atomic E-state index is 0.238. The molecule has 0 spiro atoms. The van der Waals surface area contributed by atoms with Gasteiger partial charge in [-0.3, -0.25) is 4.90 Å². The average Bonchev–Trinajstić information content (AvgIpc) is 2.99. The molecule has 1 aromatic heterocycles. The predicted molar refractivity (Wildman–Crippen MR) is 102 cm³/mol. The third kappa shape index (κ3) is 2.51. The number of amidine groups is 1. The van der Waals surface area contributed by atoms with E-state index in [1.54, 1.807) is 18.2 Å². The van der Waals surface area contributed by atoms with Crippen LogP contribution in [0.25, 0.3) is 10.9 Å². The van der Waals surface area contributed by atoms with Gasteiger partial charge in [0.15, 0.2) is 0 Å². The Bertz CT molecular complexity index is 1150. The highest BCUT2D eigenvalue weighted by Crippen LogP contribution is 2.28. The molecule has 0 fully saturated rings. The van der Waals surface area contributed by atoms with Crippen LogP contribution in [0.4, 0.5) is 5.69 Å². The number of hydrogen-bond acceptors (Lipinski definition) is 4. The second-order valence-electron chi connectivity index (χ2n) is 6.69. The van der Waals surface area contributed by atoms with Crippen LogP contribution < -0.4 is 5.32 Å².